The third-order valence-corrected chi connectivity index (χ3v) is 3.98. The second kappa shape index (κ2) is 7.61. The van der Waals surface area contributed by atoms with Gasteiger partial charge in [-0.15, -0.1) is 0 Å². The molecular formula is C19H19N3O3. The number of allylic oxidation sites excluding steroid dienone is 2. The van der Waals surface area contributed by atoms with Crippen LogP contribution in [0.3, 0.4) is 0 Å². The number of anilines is 1. The van der Waals surface area contributed by atoms with Gasteiger partial charge in [0, 0.05) is 17.5 Å². The highest BCUT2D eigenvalue weighted by Crippen LogP contribution is 2.23. The molecule has 1 aromatic carbocycles. The molecule has 2 amide bonds. The topological polar surface area (TPSA) is 94.3 Å². The Morgan fingerprint density at radius 2 is 2.08 bits per heavy atom. The molecule has 2 aromatic rings. The maximum Gasteiger partial charge on any atom is 0.248 e. The first-order valence-corrected chi connectivity index (χ1v) is 8.11. The fourth-order valence-electron chi connectivity index (χ4n) is 2.62. The minimum atomic E-state index is -0.519. The van der Waals surface area contributed by atoms with Crippen LogP contribution in [0.4, 0.5) is 5.69 Å². The van der Waals surface area contributed by atoms with Gasteiger partial charge in [0.05, 0.1) is 11.9 Å². The maximum atomic E-state index is 12.2. The lowest BCUT2D eigenvalue weighted by molar-refractivity contribution is -0.120. The van der Waals surface area contributed by atoms with Crippen LogP contribution in [0.15, 0.2) is 54.7 Å². The van der Waals surface area contributed by atoms with Crippen molar-refractivity contribution < 1.29 is 14.3 Å². The largest absolute Gasteiger partial charge is 0.439 e. The molecule has 0 fully saturated rings. The second-order valence-corrected chi connectivity index (χ2v) is 5.85. The minimum Gasteiger partial charge on any atom is -0.439 e. The molecule has 1 aromatic heterocycles. The van der Waals surface area contributed by atoms with Gasteiger partial charge < -0.3 is 15.8 Å². The Kier molecular flexibility index (Phi) is 5.09. The predicted molar refractivity (Wildman–Crippen MR) is 94.4 cm³/mol. The van der Waals surface area contributed by atoms with Crippen molar-refractivity contribution in [3.63, 3.8) is 0 Å². The average Bonchev–Trinajstić information content (AvgIpc) is 2.64. The highest BCUT2D eigenvalue weighted by Gasteiger charge is 2.18. The summed E-state index contributed by atoms with van der Waals surface area (Å²) >= 11 is 0. The third kappa shape index (κ3) is 4.44. The Balaban J connectivity index is 1.62. The molecule has 1 aliphatic carbocycles. The number of nitrogens with zero attached hydrogens (tertiary/aromatic N) is 1. The number of hydrogen-bond donors (Lipinski definition) is 2. The molecule has 3 N–H and O–H groups in total. The van der Waals surface area contributed by atoms with Crippen molar-refractivity contribution in [1.29, 1.82) is 0 Å². The van der Waals surface area contributed by atoms with E-state index >= 15 is 0 Å². The van der Waals surface area contributed by atoms with Gasteiger partial charge in [0.25, 0.3) is 0 Å². The smallest absolute Gasteiger partial charge is 0.248 e. The number of benzene rings is 1. The van der Waals surface area contributed by atoms with Gasteiger partial charge >= 0.3 is 0 Å². The normalized spacial score (nSPS) is 16.2. The van der Waals surface area contributed by atoms with Gasteiger partial charge in [-0.3, -0.25) is 9.59 Å². The zero-order valence-electron chi connectivity index (χ0n) is 13.6. The van der Waals surface area contributed by atoms with Crippen LogP contribution < -0.4 is 15.8 Å². The Labute approximate surface area is 145 Å². The molecule has 25 heavy (non-hydrogen) atoms. The summed E-state index contributed by atoms with van der Waals surface area (Å²) in [5.74, 6) is 0.329. The van der Waals surface area contributed by atoms with Gasteiger partial charge in [0.15, 0.2) is 0 Å². The van der Waals surface area contributed by atoms with Crippen LogP contribution in [0.25, 0.3) is 0 Å². The molecule has 0 spiro atoms. The summed E-state index contributed by atoms with van der Waals surface area (Å²) in [4.78, 5) is 27.6. The summed E-state index contributed by atoms with van der Waals surface area (Å²) in [6, 6.07) is 9.95. The molecule has 0 bridgehead atoms. The number of pyridine rings is 1. The SMILES string of the molecule is NC(=O)c1cccc(Oc2ccc(NC(=O)[C@@H]3CC=CCC3)cn2)c1. The van der Waals surface area contributed by atoms with Crippen LogP contribution in [0.1, 0.15) is 29.6 Å². The summed E-state index contributed by atoms with van der Waals surface area (Å²) in [5.41, 5.74) is 6.24. The minimum absolute atomic E-state index is 0.00831. The van der Waals surface area contributed by atoms with Crippen molar-refractivity contribution >= 4 is 17.5 Å². The van der Waals surface area contributed by atoms with E-state index in [2.05, 4.69) is 16.4 Å². The van der Waals surface area contributed by atoms with E-state index in [0.29, 0.717) is 22.9 Å². The van der Waals surface area contributed by atoms with Crippen molar-refractivity contribution in [2.75, 3.05) is 5.32 Å². The Bertz CT molecular complexity index is 800. The van der Waals surface area contributed by atoms with Crippen molar-refractivity contribution in [2.45, 2.75) is 19.3 Å². The number of ether oxygens (including phenoxy) is 1. The van der Waals surface area contributed by atoms with Crippen LogP contribution >= 0.6 is 0 Å². The number of nitrogens with two attached hydrogens (primary N) is 1. The first-order chi connectivity index (χ1) is 12.1. The number of carbonyl (C=O) groups excluding carboxylic acids is 2. The fourth-order valence-corrected chi connectivity index (χ4v) is 2.62. The standard InChI is InChI=1S/C19H19N3O3/c20-18(23)14-7-4-8-16(11-14)25-17-10-9-15(12-21-17)22-19(24)13-5-2-1-3-6-13/h1-2,4,7-13H,3,5-6H2,(H2,20,23)(H,22,24)/t13-/m1/s1. The van der Waals surface area contributed by atoms with E-state index in [4.69, 9.17) is 10.5 Å². The van der Waals surface area contributed by atoms with Gasteiger partial charge in [-0.25, -0.2) is 4.98 Å². The molecule has 0 saturated heterocycles. The van der Waals surface area contributed by atoms with E-state index < -0.39 is 5.91 Å². The summed E-state index contributed by atoms with van der Waals surface area (Å²) < 4.78 is 5.60. The molecular weight excluding hydrogens is 318 g/mol. The van der Waals surface area contributed by atoms with Crippen LogP contribution in [0.2, 0.25) is 0 Å². The molecule has 6 heteroatoms. The first-order valence-electron chi connectivity index (χ1n) is 8.11. The molecule has 0 aliphatic heterocycles. The lowest BCUT2D eigenvalue weighted by Gasteiger charge is -2.17. The molecule has 1 atom stereocenters. The van der Waals surface area contributed by atoms with Gasteiger partial charge in [-0.2, -0.15) is 0 Å². The number of nitrogens with one attached hydrogen (secondary N) is 1. The average molecular weight is 337 g/mol. The highest BCUT2D eigenvalue weighted by atomic mass is 16.5. The van der Waals surface area contributed by atoms with Gasteiger partial charge in [-0.05, 0) is 43.5 Å². The zero-order chi connectivity index (χ0) is 17.6. The van der Waals surface area contributed by atoms with E-state index in [9.17, 15) is 9.59 Å². The van der Waals surface area contributed by atoms with Crippen LogP contribution in [0.5, 0.6) is 11.6 Å². The summed E-state index contributed by atoms with van der Waals surface area (Å²) in [5, 5.41) is 2.87. The molecule has 3 rings (SSSR count). The molecule has 6 nitrogen and oxygen atoms in total. The lowest BCUT2D eigenvalue weighted by atomic mass is 9.93. The van der Waals surface area contributed by atoms with E-state index in [1.807, 2.05) is 6.08 Å². The second-order valence-electron chi connectivity index (χ2n) is 5.85. The molecule has 0 saturated carbocycles. The van der Waals surface area contributed by atoms with E-state index in [1.54, 1.807) is 42.6 Å². The van der Waals surface area contributed by atoms with Gasteiger partial charge in [0.2, 0.25) is 17.7 Å². The lowest BCUT2D eigenvalue weighted by Crippen LogP contribution is -2.23. The molecule has 0 radical (unpaired) electrons. The van der Waals surface area contributed by atoms with Crippen molar-refractivity contribution in [1.82, 2.24) is 4.98 Å². The third-order valence-electron chi connectivity index (χ3n) is 3.98. The molecule has 128 valence electrons. The number of hydrogen-bond acceptors (Lipinski definition) is 4. The zero-order valence-corrected chi connectivity index (χ0v) is 13.6. The Morgan fingerprint density at radius 1 is 1.20 bits per heavy atom. The molecule has 1 heterocycles. The maximum absolute atomic E-state index is 12.2. The quantitative estimate of drug-likeness (QED) is 0.819. The van der Waals surface area contributed by atoms with E-state index in [1.165, 1.54) is 0 Å². The number of primary amides is 1. The Morgan fingerprint density at radius 3 is 2.76 bits per heavy atom. The van der Waals surface area contributed by atoms with Crippen LogP contribution in [-0.2, 0) is 4.79 Å². The van der Waals surface area contributed by atoms with Gasteiger partial charge in [-0.1, -0.05) is 18.2 Å². The van der Waals surface area contributed by atoms with Gasteiger partial charge in [0.1, 0.15) is 5.75 Å². The number of rotatable bonds is 5. The van der Waals surface area contributed by atoms with Crippen molar-refractivity contribution in [3.05, 3.63) is 60.3 Å². The monoisotopic (exact) mass is 337 g/mol. The van der Waals surface area contributed by atoms with Crippen molar-refractivity contribution in [2.24, 2.45) is 11.7 Å². The van der Waals surface area contributed by atoms with Crippen LogP contribution in [-0.4, -0.2) is 16.8 Å². The van der Waals surface area contributed by atoms with E-state index in [0.717, 1.165) is 19.3 Å². The van der Waals surface area contributed by atoms with E-state index in [-0.39, 0.29) is 11.8 Å². The highest BCUT2D eigenvalue weighted by molar-refractivity contribution is 5.93. The summed E-state index contributed by atoms with van der Waals surface area (Å²) in [7, 11) is 0. The predicted octanol–water partition coefficient (Wildman–Crippen LogP) is 3.27. The number of carbonyl (C=O) groups is 2. The van der Waals surface area contributed by atoms with Crippen molar-refractivity contribution in [3.8, 4) is 11.6 Å². The summed E-state index contributed by atoms with van der Waals surface area (Å²) in [6.45, 7) is 0. The number of amides is 2. The first kappa shape index (κ1) is 16.7. The molecule has 0 unspecified atom stereocenters. The van der Waals surface area contributed by atoms with Crippen LogP contribution in [0, 0.1) is 5.92 Å². The number of aromatic nitrogens is 1. The Hall–Kier alpha value is -3.15. The summed E-state index contributed by atoms with van der Waals surface area (Å²) in [6.07, 6.45) is 8.27. The molecule has 1 aliphatic rings. The fraction of sp³-hybridized carbons (Fsp3) is 0.211.